The minimum atomic E-state index is 0.424. The molecule has 2 N–H and O–H groups in total. The minimum absolute atomic E-state index is 0.424. The van der Waals surface area contributed by atoms with Gasteiger partial charge in [0.25, 0.3) is 0 Å². The molecule has 1 atom stereocenters. The van der Waals surface area contributed by atoms with Gasteiger partial charge in [0.1, 0.15) is 0 Å². The molecule has 1 heteroatoms. The van der Waals surface area contributed by atoms with E-state index in [1.807, 2.05) is 0 Å². The van der Waals surface area contributed by atoms with Crippen molar-refractivity contribution in [1.29, 1.82) is 0 Å². The van der Waals surface area contributed by atoms with Crippen molar-refractivity contribution < 1.29 is 0 Å². The average Bonchev–Trinajstić information content (AvgIpc) is 2.44. The number of hydrogen-bond donors (Lipinski definition) is 1. The fraction of sp³-hybridized carbons (Fsp3) is 1.00. The molecule has 0 bridgehead atoms. The van der Waals surface area contributed by atoms with Crippen LogP contribution >= 0.6 is 0 Å². The summed E-state index contributed by atoms with van der Waals surface area (Å²) in [5.41, 5.74) is 6.31. The molecule has 0 aromatic rings. The third-order valence-corrected chi connectivity index (χ3v) is 2.56. The van der Waals surface area contributed by atoms with E-state index < -0.39 is 0 Å². The topological polar surface area (TPSA) is 26.0 Å². The quantitative estimate of drug-likeness (QED) is 0.577. The van der Waals surface area contributed by atoms with Crippen LogP contribution in [0.5, 0.6) is 0 Å². The second-order valence-corrected chi connectivity index (χ2v) is 3.00. The van der Waals surface area contributed by atoms with Crippen LogP contribution in [0.1, 0.15) is 33.1 Å². The molecule has 0 aromatic carbocycles. The van der Waals surface area contributed by atoms with Gasteiger partial charge >= 0.3 is 0 Å². The maximum Gasteiger partial charge on any atom is 0.00669 e. The molecule has 8 heavy (non-hydrogen) atoms. The van der Waals surface area contributed by atoms with E-state index >= 15 is 0 Å². The normalized spacial score (nSPS) is 27.4. The molecule has 48 valence electrons. The standard InChI is InChI=1S/C7H15N/c1-3-7(4-5-7)6(2)8/h6H,3-5,8H2,1-2H3. The summed E-state index contributed by atoms with van der Waals surface area (Å²) in [6.07, 6.45) is 3.99. The highest BCUT2D eigenvalue weighted by atomic mass is 14.7. The van der Waals surface area contributed by atoms with Crippen LogP contribution in [0.3, 0.4) is 0 Å². The lowest BCUT2D eigenvalue weighted by Crippen LogP contribution is -2.27. The Labute approximate surface area is 51.3 Å². The molecule has 0 aliphatic heterocycles. The third kappa shape index (κ3) is 0.752. The van der Waals surface area contributed by atoms with Crippen molar-refractivity contribution in [3.8, 4) is 0 Å². The summed E-state index contributed by atoms with van der Waals surface area (Å²) >= 11 is 0. The number of nitrogens with two attached hydrogens (primary N) is 1. The van der Waals surface area contributed by atoms with Gasteiger partial charge < -0.3 is 5.73 Å². The molecular formula is C7H15N. The van der Waals surface area contributed by atoms with Crippen molar-refractivity contribution in [3.63, 3.8) is 0 Å². The van der Waals surface area contributed by atoms with Crippen molar-refractivity contribution in [1.82, 2.24) is 0 Å². The van der Waals surface area contributed by atoms with Gasteiger partial charge in [0.2, 0.25) is 0 Å². The second kappa shape index (κ2) is 1.73. The number of hydrogen-bond acceptors (Lipinski definition) is 1. The van der Waals surface area contributed by atoms with Crippen LogP contribution in [-0.2, 0) is 0 Å². The minimum Gasteiger partial charge on any atom is -0.327 e. The summed E-state index contributed by atoms with van der Waals surface area (Å²) in [6, 6.07) is 0.424. The molecular weight excluding hydrogens is 98.1 g/mol. The highest BCUT2D eigenvalue weighted by Crippen LogP contribution is 2.50. The van der Waals surface area contributed by atoms with E-state index in [-0.39, 0.29) is 0 Å². The van der Waals surface area contributed by atoms with Crippen LogP contribution < -0.4 is 5.73 Å². The van der Waals surface area contributed by atoms with Gasteiger partial charge in [0, 0.05) is 6.04 Å². The lowest BCUT2D eigenvalue weighted by atomic mass is 9.96. The molecule has 1 nitrogen and oxygen atoms in total. The molecule has 1 rings (SSSR count). The molecule has 1 aliphatic rings. The maximum atomic E-state index is 5.74. The van der Waals surface area contributed by atoms with Crippen LogP contribution in [0.4, 0.5) is 0 Å². The maximum absolute atomic E-state index is 5.74. The van der Waals surface area contributed by atoms with Gasteiger partial charge in [-0.25, -0.2) is 0 Å². The summed E-state index contributed by atoms with van der Waals surface area (Å²) in [4.78, 5) is 0. The molecule has 0 radical (unpaired) electrons. The molecule has 1 saturated carbocycles. The second-order valence-electron chi connectivity index (χ2n) is 3.00. The largest absolute Gasteiger partial charge is 0.327 e. The van der Waals surface area contributed by atoms with Crippen LogP contribution in [0.25, 0.3) is 0 Å². The molecule has 0 amide bonds. The Morgan fingerprint density at radius 1 is 1.62 bits per heavy atom. The van der Waals surface area contributed by atoms with E-state index in [0.717, 1.165) is 0 Å². The monoisotopic (exact) mass is 113 g/mol. The lowest BCUT2D eigenvalue weighted by molar-refractivity contribution is 0.407. The molecule has 0 heterocycles. The average molecular weight is 113 g/mol. The first-order chi connectivity index (χ1) is 3.71. The van der Waals surface area contributed by atoms with Gasteiger partial charge in [-0.05, 0) is 31.6 Å². The van der Waals surface area contributed by atoms with Crippen LogP contribution in [0.15, 0.2) is 0 Å². The lowest BCUT2D eigenvalue weighted by Gasteiger charge is -2.15. The summed E-state index contributed by atoms with van der Waals surface area (Å²) in [5.74, 6) is 0. The van der Waals surface area contributed by atoms with Crippen LogP contribution in [0, 0.1) is 5.41 Å². The predicted molar refractivity (Wildman–Crippen MR) is 35.6 cm³/mol. The van der Waals surface area contributed by atoms with E-state index in [1.165, 1.54) is 19.3 Å². The van der Waals surface area contributed by atoms with Gasteiger partial charge in [0.05, 0.1) is 0 Å². The summed E-state index contributed by atoms with van der Waals surface area (Å²) in [7, 11) is 0. The zero-order valence-corrected chi connectivity index (χ0v) is 5.78. The highest BCUT2D eigenvalue weighted by molar-refractivity contribution is 4.97. The first-order valence-electron chi connectivity index (χ1n) is 3.47. The van der Waals surface area contributed by atoms with E-state index in [9.17, 15) is 0 Å². The van der Waals surface area contributed by atoms with E-state index in [4.69, 9.17) is 5.73 Å². The summed E-state index contributed by atoms with van der Waals surface area (Å²) in [6.45, 7) is 4.35. The van der Waals surface area contributed by atoms with Crippen molar-refractivity contribution in [3.05, 3.63) is 0 Å². The summed E-state index contributed by atoms with van der Waals surface area (Å²) in [5, 5.41) is 0. The Bertz CT molecular complexity index is 82.4. The fourth-order valence-corrected chi connectivity index (χ4v) is 1.29. The molecule has 1 aliphatic carbocycles. The summed E-state index contributed by atoms with van der Waals surface area (Å²) < 4.78 is 0. The van der Waals surface area contributed by atoms with Crippen LogP contribution in [-0.4, -0.2) is 6.04 Å². The van der Waals surface area contributed by atoms with Crippen molar-refractivity contribution in [2.75, 3.05) is 0 Å². The van der Waals surface area contributed by atoms with Gasteiger partial charge in [0.15, 0.2) is 0 Å². The zero-order valence-electron chi connectivity index (χ0n) is 5.78. The van der Waals surface area contributed by atoms with Crippen molar-refractivity contribution in [2.24, 2.45) is 11.1 Å². The Balaban J connectivity index is 2.41. The van der Waals surface area contributed by atoms with Gasteiger partial charge in [-0.3, -0.25) is 0 Å². The predicted octanol–water partition coefficient (Wildman–Crippen LogP) is 1.52. The Morgan fingerprint density at radius 3 is 2.12 bits per heavy atom. The molecule has 0 saturated heterocycles. The van der Waals surface area contributed by atoms with Crippen LogP contribution in [0.2, 0.25) is 0 Å². The first kappa shape index (κ1) is 6.09. The molecule has 1 unspecified atom stereocenters. The smallest absolute Gasteiger partial charge is 0.00669 e. The highest BCUT2D eigenvalue weighted by Gasteiger charge is 2.43. The third-order valence-electron chi connectivity index (χ3n) is 2.56. The van der Waals surface area contributed by atoms with Crippen molar-refractivity contribution in [2.45, 2.75) is 39.2 Å². The van der Waals surface area contributed by atoms with Crippen molar-refractivity contribution >= 4 is 0 Å². The van der Waals surface area contributed by atoms with E-state index in [0.29, 0.717) is 11.5 Å². The zero-order chi connectivity index (χ0) is 6.20. The Morgan fingerprint density at radius 2 is 2.12 bits per heavy atom. The molecule has 1 fully saturated rings. The SMILES string of the molecule is CCC1(C(C)N)CC1. The van der Waals surface area contributed by atoms with Gasteiger partial charge in [-0.2, -0.15) is 0 Å². The first-order valence-corrected chi connectivity index (χ1v) is 3.47. The van der Waals surface area contributed by atoms with Gasteiger partial charge in [-0.1, -0.05) is 6.92 Å². The molecule has 0 aromatic heterocycles. The molecule has 0 spiro atoms. The Kier molecular flexibility index (Phi) is 1.31. The fourth-order valence-electron chi connectivity index (χ4n) is 1.29. The van der Waals surface area contributed by atoms with E-state index in [2.05, 4.69) is 13.8 Å². The van der Waals surface area contributed by atoms with Gasteiger partial charge in [-0.15, -0.1) is 0 Å². The van der Waals surface area contributed by atoms with E-state index in [1.54, 1.807) is 0 Å². The number of rotatable bonds is 2. The Hall–Kier alpha value is -0.0400.